The van der Waals surface area contributed by atoms with E-state index in [9.17, 15) is 0 Å². The summed E-state index contributed by atoms with van der Waals surface area (Å²) in [5, 5.41) is 7.20. The number of aryl methyl sites for hydroxylation is 2. The molecule has 0 radical (unpaired) electrons. The van der Waals surface area contributed by atoms with E-state index in [-0.39, 0.29) is 6.04 Å². The number of hydrogen-bond donors (Lipinski definition) is 1. The topological polar surface area (TPSA) is 63.8 Å². The molecule has 0 aliphatic carbocycles. The van der Waals surface area contributed by atoms with E-state index in [1.165, 1.54) is 0 Å². The Morgan fingerprint density at radius 1 is 1.33 bits per heavy atom. The zero-order valence-corrected chi connectivity index (χ0v) is 12.2. The molecule has 2 heterocycles. The molecule has 0 saturated heterocycles. The molecule has 1 N–H and O–H groups in total. The number of rotatable bonds is 4. The lowest BCUT2D eigenvalue weighted by Gasteiger charge is -2.13. The predicted octanol–water partition coefficient (Wildman–Crippen LogP) is 2.89. The summed E-state index contributed by atoms with van der Waals surface area (Å²) >= 11 is 3.31. The Labute approximate surface area is 114 Å². The van der Waals surface area contributed by atoms with Crippen molar-refractivity contribution in [2.24, 2.45) is 0 Å². The minimum atomic E-state index is 0.211. The number of anilines is 1. The summed E-state index contributed by atoms with van der Waals surface area (Å²) in [6.07, 6.45) is 4.27. The highest BCUT2D eigenvalue weighted by atomic mass is 79.9. The van der Waals surface area contributed by atoms with Gasteiger partial charge in [0.05, 0.1) is 10.2 Å². The lowest BCUT2D eigenvalue weighted by Crippen LogP contribution is -2.20. The van der Waals surface area contributed by atoms with Crippen molar-refractivity contribution in [3.63, 3.8) is 0 Å². The van der Waals surface area contributed by atoms with Crippen molar-refractivity contribution in [1.29, 1.82) is 0 Å². The molecule has 5 nitrogen and oxygen atoms in total. The van der Waals surface area contributed by atoms with Gasteiger partial charge < -0.3 is 9.84 Å². The molecule has 0 spiro atoms. The van der Waals surface area contributed by atoms with Crippen molar-refractivity contribution in [2.45, 2.75) is 33.2 Å². The Bertz CT molecular complexity index is 504. The number of halogens is 1. The number of nitrogens with zero attached hydrogens (tertiary/aromatic N) is 3. The maximum Gasteiger partial charge on any atom is 0.222 e. The second kappa shape index (κ2) is 5.48. The molecular weight excluding hydrogens is 296 g/mol. The molecule has 96 valence electrons. The first-order valence-electron chi connectivity index (χ1n) is 5.72. The van der Waals surface area contributed by atoms with Crippen molar-refractivity contribution >= 4 is 21.9 Å². The van der Waals surface area contributed by atoms with Crippen LogP contribution < -0.4 is 5.32 Å². The predicted molar refractivity (Wildman–Crippen MR) is 72.5 cm³/mol. The quantitative estimate of drug-likeness (QED) is 0.940. The van der Waals surface area contributed by atoms with Crippen molar-refractivity contribution < 1.29 is 4.52 Å². The van der Waals surface area contributed by atoms with Crippen LogP contribution in [-0.2, 0) is 6.42 Å². The molecule has 0 bridgehead atoms. The van der Waals surface area contributed by atoms with Gasteiger partial charge in [0.2, 0.25) is 5.95 Å². The molecule has 0 aliphatic heterocycles. The fourth-order valence-electron chi connectivity index (χ4n) is 1.76. The van der Waals surface area contributed by atoms with Gasteiger partial charge in [0.25, 0.3) is 0 Å². The van der Waals surface area contributed by atoms with Crippen LogP contribution in [0.5, 0.6) is 0 Å². The number of hydrogen-bond acceptors (Lipinski definition) is 5. The van der Waals surface area contributed by atoms with E-state index in [2.05, 4.69) is 43.3 Å². The highest BCUT2D eigenvalue weighted by Gasteiger charge is 2.13. The molecule has 1 unspecified atom stereocenters. The first-order chi connectivity index (χ1) is 8.56. The van der Waals surface area contributed by atoms with Gasteiger partial charge in [-0.05, 0) is 43.1 Å². The first-order valence-corrected chi connectivity index (χ1v) is 6.51. The van der Waals surface area contributed by atoms with Gasteiger partial charge in [0.15, 0.2) is 0 Å². The van der Waals surface area contributed by atoms with E-state index in [0.29, 0.717) is 5.95 Å². The van der Waals surface area contributed by atoms with Crippen molar-refractivity contribution in [1.82, 2.24) is 15.1 Å². The smallest absolute Gasteiger partial charge is 0.222 e. The highest BCUT2D eigenvalue weighted by Crippen LogP contribution is 2.16. The Morgan fingerprint density at radius 3 is 2.56 bits per heavy atom. The lowest BCUT2D eigenvalue weighted by molar-refractivity contribution is 0.392. The summed E-state index contributed by atoms with van der Waals surface area (Å²) < 4.78 is 6.01. The summed E-state index contributed by atoms with van der Waals surface area (Å²) in [7, 11) is 0. The minimum absolute atomic E-state index is 0.211. The van der Waals surface area contributed by atoms with Gasteiger partial charge in [-0.1, -0.05) is 5.16 Å². The first kappa shape index (κ1) is 13.0. The van der Waals surface area contributed by atoms with E-state index in [1.807, 2.05) is 13.8 Å². The lowest BCUT2D eigenvalue weighted by atomic mass is 10.1. The monoisotopic (exact) mass is 310 g/mol. The maximum absolute atomic E-state index is 5.15. The summed E-state index contributed by atoms with van der Waals surface area (Å²) in [5.41, 5.74) is 2.09. The highest BCUT2D eigenvalue weighted by molar-refractivity contribution is 9.10. The molecule has 18 heavy (non-hydrogen) atoms. The van der Waals surface area contributed by atoms with Crippen LogP contribution in [0.15, 0.2) is 21.4 Å². The zero-order chi connectivity index (χ0) is 13.1. The third-order valence-corrected chi connectivity index (χ3v) is 3.10. The Morgan fingerprint density at radius 2 is 2.00 bits per heavy atom. The average molecular weight is 311 g/mol. The van der Waals surface area contributed by atoms with Gasteiger partial charge in [-0.15, -0.1) is 0 Å². The normalized spacial score (nSPS) is 12.4. The van der Waals surface area contributed by atoms with Crippen molar-refractivity contribution in [3.05, 3.63) is 33.9 Å². The summed E-state index contributed by atoms with van der Waals surface area (Å²) in [6, 6.07) is 0.211. The van der Waals surface area contributed by atoms with Crippen LogP contribution in [-0.4, -0.2) is 21.2 Å². The summed E-state index contributed by atoms with van der Waals surface area (Å²) in [4.78, 5) is 8.37. The molecule has 0 aromatic carbocycles. The van der Waals surface area contributed by atoms with E-state index >= 15 is 0 Å². The largest absolute Gasteiger partial charge is 0.361 e. The molecule has 1 atom stereocenters. The van der Waals surface area contributed by atoms with Crippen LogP contribution in [0.1, 0.15) is 23.9 Å². The molecule has 0 fully saturated rings. The van der Waals surface area contributed by atoms with Crippen molar-refractivity contribution in [2.75, 3.05) is 5.32 Å². The molecule has 6 heteroatoms. The van der Waals surface area contributed by atoms with Gasteiger partial charge in [-0.25, -0.2) is 9.97 Å². The fourth-order valence-corrected chi connectivity index (χ4v) is 1.96. The molecule has 2 rings (SSSR count). The Balaban J connectivity index is 2.01. The van der Waals surface area contributed by atoms with Crippen LogP contribution in [0, 0.1) is 13.8 Å². The third kappa shape index (κ3) is 3.07. The molecule has 0 amide bonds. The second-order valence-corrected chi connectivity index (χ2v) is 5.19. The van der Waals surface area contributed by atoms with E-state index in [0.717, 1.165) is 27.9 Å². The van der Waals surface area contributed by atoms with Crippen molar-refractivity contribution in [3.8, 4) is 0 Å². The molecule has 2 aromatic heterocycles. The van der Waals surface area contributed by atoms with E-state index in [4.69, 9.17) is 4.52 Å². The van der Waals surface area contributed by atoms with Gasteiger partial charge >= 0.3 is 0 Å². The zero-order valence-electron chi connectivity index (χ0n) is 10.6. The number of aromatic nitrogens is 3. The SMILES string of the molecule is Cc1noc(C)c1CC(C)Nc1ncc(Br)cn1. The Hall–Kier alpha value is -1.43. The maximum atomic E-state index is 5.15. The number of nitrogens with one attached hydrogen (secondary N) is 1. The average Bonchev–Trinajstić information content (AvgIpc) is 2.64. The van der Waals surface area contributed by atoms with Gasteiger partial charge in [-0.2, -0.15) is 0 Å². The van der Waals surface area contributed by atoms with Crippen LogP contribution in [0.2, 0.25) is 0 Å². The van der Waals surface area contributed by atoms with Crippen LogP contribution in [0.3, 0.4) is 0 Å². The fraction of sp³-hybridized carbons (Fsp3) is 0.417. The standard InChI is InChI=1S/C12H15BrN4O/c1-7(4-11-8(2)17-18-9(11)3)16-12-14-5-10(13)6-15-12/h5-7H,4H2,1-3H3,(H,14,15,16). The van der Waals surface area contributed by atoms with Crippen LogP contribution in [0.25, 0.3) is 0 Å². The second-order valence-electron chi connectivity index (χ2n) is 4.28. The van der Waals surface area contributed by atoms with E-state index in [1.54, 1.807) is 12.4 Å². The molecule has 2 aromatic rings. The Kier molecular flexibility index (Phi) is 3.96. The minimum Gasteiger partial charge on any atom is -0.361 e. The van der Waals surface area contributed by atoms with Gasteiger partial charge in [0.1, 0.15) is 5.76 Å². The molecule has 0 aliphatic rings. The third-order valence-electron chi connectivity index (χ3n) is 2.69. The van der Waals surface area contributed by atoms with Gasteiger partial charge in [0, 0.05) is 24.0 Å². The van der Waals surface area contributed by atoms with E-state index < -0.39 is 0 Å². The van der Waals surface area contributed by atoms with Crippen LogP contribution >= 0.6 is 15.9 Å². The molecule has 0 saturated carbocycles. The summed E-state index contributed by atoms with van der Waals surface area (Å²) in [5.74, 6) is 1.50. The van der Waals surface area contributed by atoms with Crippen LogP contribution in [0.4, 0.5) is 5.95 Å². The van der Waals surface area contributed by atoms with Gasteiger partial charge in [-0.3, -0.25) is 0 Å². The summed E-state index contributed by atoms with van der Waals surface area (Å²) in [6.45, 7) is 5.96. The molecular formula is C12H15BrN4O.